The molecule has 1 radical (unpaired) electrons. The minimum absolute atomic E-state index is 0.0578. The van der Waals surface area contributed by atoms with Gasteiger partial charge in [-0.25, -0.2) is 0 Å². The second-order valence-electron chi connectivity index (χ2n) is 4.40. The van der Waals surface area contributed by atoms with Crippen molar-refractivity contribution < 1.29 is 9.47 Å². The first-order chi connectivity index (χ1) is 7.07. The van der Waals surface area contributed by atoms with E-state index >= 15 is 0 Å². The fourth-order valence-electron chi connectivity index (χ4n) is 1.93. The second-order valence-corrected chi connectivity index (χ2v) is 4.40. The quantitative estimate of drug-likeness (QED) is 0.738. The Hall–Kier alpha value is -0.860. The molecule has 0 aromatic heterocycles. The third-order valence-corrected chi connectivity index (χ3v) is 2.56. The molecule has 1 saturated heterocycles. The summed E-state index contributed by atoms with van der Waals surface area (Å²) < 4.78 is 11.4. The molecule has 2 atom stereocenters. The van der Waals surface area contributed by atoms with Crippen molar-refractivity contribution in [2.24, 2.45) is 0 Å². The van der Waals surface area contributed by atoms with Crippen molar-refractivity contribution in [2.75, 3.05) is 0 Å². The maximum absolute atomic E-state index is 5.78. The van der Waals surface area contributed by atoms with Gasteiger partial charge >= 0.3 is 0 Å². The lowest BCUT2D eigenvalue weighted by atomic mass is 10.1. The van der Waals surface area contributed by atoms with Crippen LogP contribution in [0, 0.1) is 6.92 Å². The van der Waals surface area contributed by atoms with Gasteiger partial charge < -0.3 is 9.47 Å². The molecule has 2 nitrogen and oxygen atoms in total. The molecule has 15 heavy (non-hydrogen) atoms. The highest BCUT2D eigenvalue weighted by Crippen LogP contribution is 2.29. The monoisotopic (exact) mass is 205 g/mol. The van der Waals surface area contributed by atoms with Crippen LogP contribution in [-0.2, 0) is 15.9 Å². The van der Waals surface area contributed by atoms with E-state index in [2.05, 4.69) is 19.1 Å². The summed E-state index contributed by atoms with van der Waals surface area (Å²) >= 11 is 0. The first-order valence-corrected chi connectivity index (χ1v) is 5.29. The third kappa shape index (κ3) is 2.58. The van der Waals surface area contributed by atoms with Crippen molar-refractivity contribution in [3.63, 3.8) is 0 Å². The zero-order valence-electron chi connectivity index (χ0n) is 9.27. The summed E-state index contributed by atoms with van der Waals surface area (Å²) in [6.45, 7) is 7.82. The van der Waals surface area contributed by atoms with Crippen LogP contribution in [-0.4, -0.2) is 18.0 Å². The molecule has 0 amide bonds. The first-order valence-electron chi connectivity index (χ1n) is 5.29. The minimum Gasteiger partial charge on any atom is -0.345 e. The molecule has 0 N–H and O–H groups in total. The van der Waals surface area contributed by atoms with E-state index in [0.717, 1.165) is 6.42 Å². The van der Waals surface area contributed by atoms with Crippen LogP contribution < -0.4 is 0 Å². The molecule has 2 heteroatoms. The van der Waals surface area contributed by atoms with E-state index < -0.39 is 5.79 Å². The van der Waals surface area contributed by atoms with E-state index in [4.69, 9.17) is 9.47 Å². The van der Waals surface area contributed by atoms with E-state index in [1.165, 1.54) is 5.56 Å². The number of ether oxygens (including phenoxy) is 2. The van der Waals surface area contributed by atoms with Gasteiger partial charge in [-0.05, 0) is 26.3 Å². The van der Waals surface area contributed by atoms with Crippen molar-refractivity contribution in [3.8, 4) is 0 Å². The molecule has 0 spiro atoms. The summed E-state index contributed by atoms with van der Waals surface area (Å²) in [4.78, 5) is 0. The highest BCUT2D eigenvalue weighted by Gasteiger charge is 2.38. The van der Waals surface area contributed by atoms with Crippen molar-refractivity contribution in [1.82, 2.24) is 0 Å². The fourth-order valence-corrected chi connectivity index (χ4v) is 1.93. The van der Waals surface area contributed by atoms with Gasteiger partial charge in [-0.3, -0.25) is 0 Å². The fraction of sp³-hybridized carbons (Fsp3) is 0.462. The Balaban J connectivity index is 2.02. The molecule has 0 saturated carbocycles. The van der Waals surface area contributed by atoms with Crippen molar-refractivity contribution in [1.29, 1.82) is 0 Å². The zero-order chi connectivity index (χ0) is 10.9. The summed E-state index contributed by atoms with van der Waals surface area (Å²) in [6, 6.07) is 10.3. The molecule has 0 bridgehead atoms. The molecular weight excluding hydrogens is 188 g/mol. The average molecular weight is 205 g/mol. The molecule has 81 valence electrons. The van der Waals surface area contributed by atoms with Crippen LogP contribution in [0.25, 0.3) is 0 Å². The normalized spacial score (nSPS) is 29.3. The van der Waals surface area contributed by atoms with Gasteiger partial charge in [0, 0.05) is 6.42 Å². The van der Waals surface area contributed by atoms with Gasteiger partial charge in [0.25, 0.3) is 0 Å². The summed E-state index contributed by atoms with van der Waals surface area (Å²) in [5.74, 6) is -0.494. The van der Waals surface area contributed by atoms with E-state index in [9.17, 15) is 0 Å². The highest BCUT2D eigenvalue weighted by molar-refractivity contribution is 5.16. The lowest BCUT2D eigenvalue weighted by Gasteiger charge is -2.16. The van der Waals surface area contributed by atoms with Gasteiger partial charge in [-0.1, -0.05) is 30.3 Å². The predicted molar refractivity (Wildman–Crippen MR) is 59.3 cm³/mol. The van der Waals surface area contributed by atoms with Crippen LogP contribution in [0.3, 0.4) is 0 Å². The molecule has 2 rings (SSSR count). The predicted octanol–water partition coefficient (Wildman–Crippen LogP) is 2.58. The van der Waals surface area contributed by atoms with Gasteiger partial charge in [-0.15, -0.1) is 0 Å². The topological polar surface area (TPSA) is 18.5 Å². The van der Waals surface area contributed by atoms with E-state index in [1.54, 1.807) is 0 Å². The maximum atomic E-state index is 5.78. The largest absolute Gasteiger partial charge is 0.345 e. The van der Waals surface area contributed by atoms with Crippen LogP contribution in [0.15, 0.2) is 30.3 Å². The highest BCUT2D eigenvalue weighted by atomic mass is 16.7. The Labute approximate surface area is 91.2 Å². The van der Waals surface area contributed by atoms with Crippen LogP contribution in [0.4, 0.5) is 0 Å². The van der Waals surface area contributed by atoms with Crippen LogP contribution in [0.5, 0.6) is 0 Å². The molecule has 1 aliphatic heterocycles. The summed E-state index contributed by atoms with van der Waals surface area (Å²) in [5, 5.41) is 0. The molecule has 1 heterocycles. The van der Waals surface area contributed by atoms with Crippen molar-refractivity contribution in [2.45, 2.75) is 38.3 Å². The van der Waals surface area contributed by atoms with Gasteiger partial charge in [0.15, 0.2) is 5.79 Å². The Morgan fingerprint density at radius 3 is 2.40 bits per heavy atom. The Morgan fingerprint density at radius 2 is 1.87 bits per heavy atom. The number of rotatable bonds is 2. The first kappa shape index (κ1) is 10.7. The molecule has 1 aromatic rings. The lowest BCUT2D eigenvalue weighted by molar-refractivity contribution is -0.142. The van der Waals surface area contributed by atoms with Crippen LogP contribution in [0.2, 0.25) is 0 Å². The van der Waals surface area contributed by atoms with Gasteiger partial charge in [0.2, 0.25) is 0 Å². The number of hydrogen-bond acceptors (Lipinski definition) is 2. The van der Waals surface area contributed by atoms with Gasteiger partial charge in [0.05, 0.1) is 12.2 Å². The third-order valence-electron chi connectivity index (χ3n) is 2.56. The standard InChI is InChI=1S/C13H17O2/c1-10-12(15-13(2,3)14-10)9-11-7-5-4-6-8-11/h4-8,10,12H,1,9H2,2-3H3. The molecule has 2 unspecified atom stereocenters. The lowest BCUT2D eigenvalue weighted by Crippen LogP contribution is -2.23. The Kier molecular flexibility index (Phi) is 2.81. The average Bonchev–Trinajstić information content (AvgIpc) is 2.41. The molecule has 1 fully saturated rings. The maximum Gasteiger partial charge on any atom is 0.163 e. The van der Waals surface area contributed by atoms with Crippen LogP contribution in [0.1, 0.15) is 19.4 Å². The molecular formula is C13H17O2. The second kappa shape index (κ2) is 3.95. The van der Waals surface area contributed by atoms with Crippen molar-refractivity contribution in [3.05, 3.63) is 42.8 Å². The number of hydrogen-bond donors (Lipinski definition) is 0. The minimum atomic E-state index is -0.494. The molecule has 1 aliphatic rings. The van der Waals surface area contributed by atoms with Crippen LogP contribution >= 0.6 is 0 Å². The zero-order valence-corrected chi connectivity index (χ0v) is 9.27. The summed E-state index contributed by atoms with van der Waals surface area (Å²) in [6.07, 6.45) is 0.834. The molecule has 0 aliphatic carbocycles. The van der Waals surface area contributed by atoms with Gasteiger partial charge in [-0.2, -0.15) is 0 Å². The Bertz CT molecular complexity index is 319. The van der Waals surface area contributed by atoms with E-state index in [1.807, 2.05) is 32.0 Å². The number of benzene rings is 1. The smallest absolute Gasteiger partial charge is 0.163 e. The summed E-state index contributed by atoms with van der Waals surface area (Å²) in [5.41, 5.74) is 1.26. The van der Waals surface area contributed by atoms with E-state index in [0.29, 0.717) is 0 Å². The summed E-state index contributed by atoms with van der Waals surface area (Å²) in [7, 11) is 0. The van der Waals surface area contributed by atoms with E-state index in [-0.39, 0.29) is 12.2 Å². The Morgan fingerprint density at radius 1 is 1.20 bits per heavy atom. The SMILES string of the molecule is [CH2]C1OC(C)(C)OC1Cc1ccccc1. The molecule has 1 aromatic carbocycles. The van der Waals surface area contributed by atoms with Gasteiger partial charge in [0.1, 0.15) is 0 Å². The van der Waals surface area contributed by atoms with Crippen molar-refractivity contribution >= 4 is 0 Å².